The second-order valence-corrected chi connectivity index (χ2v) is 5.33. The fraction of sp³-hybridized carbons (Fsp3) is 0.500. The molecule has 0 heterocycles. The first-order valence-corrected chi connectivity index (χ1v) is 5.75. The maximum absolute atomic E-state index is 11.2. The molecule has 0 aliphatic heterocycles. The Morgan fingerprint density at radius 1 is 1.35 bits per heavy atom. The van der Waals surface area contributed by atoms with E-state index >= 15 is 0 Å². The Labute approximate surface area is 103 Å². The minimum absolute atomic E-state index is 0.0573. The minimum atomic E-state index is -0.341. The highest BCUT2D eigenvalue weighted by molar-refractivity contribution is 5.82. The van der Waals surface area contributed by atoms with Gasteiger partial charge in [-0.15, -0.1) is 0 Å². The van der Waals surface area contributed by atoms with Gasteiger partial charge in [0.05, 0.1) is 13.0 Å². The van der Waals surface area contributed by atoms with Crippen molar-refractivity contribution < 1.29 is 9.53 Å². The lowest BCUT2D eigenvalue weighted by atomic mass is 9.85. The molecule has 2 N–H and O–H groups in total. The zero-order chi connectivity index (χ0) is 13.2. The first-order valence-electron chi connectivity index (χ1n) is 5.75. The summed E-state index contributed by atoms with van der Waals surface area (Å²) < 4.78 is 5.34. The molecule has 3 heteroatoms. The van der Waals surface area contributed by atoms with Gasteiger partial charge in [-0.1, -0.05) is 32.9 Å². The molecule has 0 radical (unpaired) electrons. The molecule has 1 amide bonds. The maximum atomic E-state index is 11.2. The second kappa shape index (κ2) is 4.78. The fourth-order valence-electron chi connectivity index (χ4n) is 1.69. The normalized spacial score (nSPS) is 13.2. The molecular formula is C14H21NO2. The van der Waals surface area contributed by atoms with Crippen LogP contribution in [0.3, 0.4) is 0 Å². The van der Waals surface area contributed by atoms with Crippen molar-refractivity contribution in [2.75, 3.05) is 7.11 Å². The smallest absolute Gasteiger partial charge is 0.224 e. The monoisotopic (exact) mass is 235 g/mol. The molecule has 0 aromatic heterocycles. The lowest BCUT2D eigenvalue weighted by Crippen LogP contribution is -2.20. The molecule has 0 aliphatic carbocycles. The highest BCUT2D eigenvalue weighted by atomic mass is 16.5. The van der Waals surface area contributed by atoms with E-state index in [1.54, 1.807) is 14.0 Å². The molecule has 3 nitrogen and oxygen atoms in total. The average molecular weight is 235 g/mol. The van der Waals surface area contributed by atoms with Gasteiger partial charge in [-0.3, -0.25) is 4.79 Å². The summed E-state index contributed by atoms with van der Waals surface area (Å²) in [6.45, 7) is 8.20. The fourth-order valence-corrected chi connectivity index (χ4v) is 1.69. The SMILES string of the molecule is COc1cc(C(C)(C)C)ccc1C(C)C(N)=O. The van der Waals surface area contributed by atoms with Crippen LogP contribution in [0.1, 0.15) is 44.7 Å². The predicted octanol–water partition coefficient (Wildman–Crippen LogP) is 2.58. The van der Waals surface area contributed by atoms with Crippen molar-refractivity contribution in [3.8, 4) is 5.75 Å². The minimum Gasteiger partial charge on any atom is -0.496 e. The topological polar surface area (TPSA) is 52.3 Å². The number of methoxy groups -OCH3 is 1. The third-order valence-corrected chi connectivity index (χ3v) is 2.99. The van der Waals surface area contributed by atoms with Gasteiger partial charge in [0, 0.05) is 5.56 Å². The largest absolute Gasteiger partial charge is 0.496 e. The first kappa shape index (κ1) is 13.6. The maximum Gasteiger partial charge on any atom is 0.224 e. The average Bonchev–Trinajstić information content (AvgIpc) is 2.25. The van der Waals surface area contributed by atoms with Crippen LogP contribution in [-0.4, -0.2) is 13.0 Å². The summed E-state index contributed by atoms with van der Waals surface area (Å²) in [4.78, 5) is 11.2. The number of rotatable bonds is 3. The Kier molecular flexibility index (Phi) is 3.81. The van der Waals surface area contributed by atoms with Gasteiger partial charge in [-0.2, -0.15) is 0 Å². The van der Waals surface area contributed by atoms with Gasteiger partial charge in [0.2, 0.25) is 5.91 Å². The van der Waals surface area contributed by atoms with Gasteiger partial charge < -0.3 is 10.5 Å². The van der Waals surface area contributed by atoms with Gasteiger partial charge in [-0.05, 0) is 24.0 Å². The molecule has 1 unspecified atom stereocenters. The summed E-state index contributed by atoms with van der Waals surface area (Å²) in [7, 11) is 1.61. The highest BCUT2D eigenvalue weighted by Gasteiger charge is 2.20. The van der Waals surface area contributed by atoms with E-state index in [-0.39, 0.29) is 17.2 Å². The van der Waals surface area contributed by atoms with Gasteiger partial charge in [0.15, 0.2) is 0 Å². The van der Waals surface area contributed by atoms with Crippen molar-refractivity contribution in [2.24, 2.45) is 5.73 Å². The first-order chi connectivity index (χ1) is 7.77. The third-order valence-electron chi connectivity index (χ3n) is 2.99. The van der Waals surface area contributed by atoms with Crippen molar-refractivity contribution in [1.29, 1.82) is 0 Å². The zero-order valence-electron chi connectivity index (χ0n) is 11.2. The van der Waals surface area contributed by atoms with Crippen molar-refractivity contribution in [3.05, 3.63) is 29.3 Å². The van der Waals surface area contributed by atoms with Crippen LogP contribution in [0.2, 0.25) is 0 Å². The lowest BCUT2D eigenvalue weighted by molar-refractivity contribution is -0.119. The van der Waals surface area contributed by atoms with Crippen LogP contribution < -0.4 is 10.5 Å². The van der Waals surface area contributed by atoms with Crippen molar-refractivity contribution in [2.45, 2.75) is 39.0 Å². The van der Waals surface area contributed by atoms with E-state index in [9.17, 15) is 4.79 Å². The van der Waals surface area contributed by atoms with E-state index in [0.717, 1.165) is 11.3 Å². The molecule has 1 aromatic rings. The summed E-state index contributed by atoms with van der Waals surface area (Å²) in [6.07, 6.45) is 0. The Morgan fingerprint density at radius 3 is 2.35 bits per heavy atom. The number of hydrogen-bond donors (Lipinski definition) is 1. The number of carbonyl (C=O) groups is 1. The van der Waals surface area contributed by atoms with Crippen LogP contribution in [0, 0.1) is 0 Å². The van der Waals surface area contributed by atoms with Crippen molar-refractivity contribution in [1.82, 2.24) is 0 Å². The Bertz CT molecular complexity index is 419. The van der Waals surface area contributed by atoms with Crippen LogP contribution in [0.15, 0.2) is 18.2 Å². The summed E-state index contributed by atoms with van der Waals surface area (Å²) in [5.41, 5.74) is 7.39. The van der Waals surface area contributed by atoms with E-state index in [1.807, 2.05) is 18.2 Å². The third kappa shape index (κ3) is 2.99. The molecule has 0 saturated carbocycles. The molecule has 1 aromatic carbocycles. The summed E-state index contributed by atoms with van der Waals surface area (Å²) in [5.74, 6) is 0.0505. The van der Waals surface area contributed by atoms with E-state index in [0.29, 0.717) is 0 Å². The number of amides is 1. The molecule has 0 bridgehead atoms. The standard InChI is InChI=1S/C14H21NO2/c1-9(13(15)16)11-7-6-10(14(2,3)4)8-12(11)17-5/h6-9H,1-5H3,(H2,15,16). The summed E-state index contributed by atoms with van der Waals surface area (Å²) in [6, 6.07) is 5.93. The van der Waals surface area contributed by atoms with E-state index in [1.165, 1.54) is 5.56 Å². The Morgan fingerprint density at radius 2 is 1.94 bits per heavy atom. The van der Waals surface area contributed by atoms with E-state index < -0.39 is 0 Å². The van der Waals surface area contributed by atoms with Crippen LogP contribution in [0.5, 0.6) is 5.75 Å². The van der Waals surface area contributed by atoms with Crippen LogP contribution in [-0.2, 0) is 10.2 Å². The molecule has 1 atom stereocenters. The number of nitrogens with two attached hydrogens (primary N) is 1. The molecular weight excluding hydrogens is 214 g/mol. The number of benzene rings is 1. The van der Waals surface area contributed by atoms with Gasteiger partial charge in [0.25, 0.3) is 0 Å². The van der Waals surface area contributed by atoms with Crippen LogP contribution >= 0.6 is 0 Å². The molecule has 0 spiro atoms. The van der Waals surface area contributed by atoms with Gasteiger partial charge >= 0.3 is 0 Å². The van der Waals surface area contributed by atoms with Crippen molar-refractivity contribution in [3.63, 3.8) is 0 Å². The number of ether oxygens (including phenoxy) is 1. The number of hydrogen-bond acceptors (Lipinski definition) is 2. The summed E-state index contributed by atoms with van der Waals surface area (Å²) >= 11 is 0. The molecule has 0 aliphatic rings. The quantitative estimate of drug-likeness (QED) is 0.875. The molecule has 0 saturated heterocycles. The number of primary amides is 1. The van der Waals surface area contributed by atoms with Crippen LogP contribution in [0.4, 0.5) is 0 Å². The van der Waals surface area contributed by atoms with Gasteiger partial charge in [0.1, 0.15) is 5.75 Å². The molecule has 1 rings (SSSR count). The molecule has 94 valence electrons. The highest BCUT2D eigenvalue weighted by Crippen LogP contribution is 2.32. The molecule has 0 fully saturated rings. The number of carbonyl (C=O) groups excluding carboxylic acids is 1. The second-order valence-electron chi connectivity index (χ2n) is 5.33. The summed E-state index contributed by atoms with van der Waals surface area (Å²) in [5, 5.41) is 0. The van der Waals surface area contributed by atoms with E-state index in [4.69, 9.17) is 10.5 Å². The predicted molar refractivity (Wildman–Crippen MR) is 69.3 cm³/mol. The zero-order valence-corrected chi connectivity index (χ0v) is 11.2. The lowest BCUT2D eigenvalue weighted by Gasteiger charge is -2.22. The molecule has 17 heavy (non-hydrogen) atoms. The van der Waals surface area contributed by atoms with Gasteiger partial charge in [-0.25, -0.2) is 0 Å². The van der Waals surface area contributed by atoms with E-state index in [2.05, 4.69) is 20.8 Å². The Balaban J connectivity index is 3.23. The van der Waals surface area contributed by atoms with Crippen LogP contribution in [0.25, 0.3) is 0 Å². The Hall–Kier alpha value is -1.51. The van der Waals surface area contributed by atoms with Crippen molar-refractivity contribution >= 4 is 5.91 Å².